The number of benzene rings is 3. The number of anilines is 1. The first-order chi connectivity index (χ1) is 16.7. The van der Waals surface area contributed by atoms with Crippen molar-refractivity contribution in [3.8, 4) is 0 Å². The topological polar surface area (TPSA) is 81.0 Å². The number of sulfonamides is 1. The third-order valence-electron chi connectivity index (χ3n) is 5.62. The van der Waals surface area contributed by atoms with Crippen LogP contribution in [0.25, 0.3) is 0 Å². The van der Waals surface area contributed by atoms with Gasteiger partial charge in [0.15, 0.2) is 5.82 Å². The second-order valence-corrected chi connectivity index (χ2v) is 11.0. The number of halogens is 2. The van der Waals surface area contributed by atoms with Gasteiger partial charge in [-0.3, -0.25) is 4.31 Å². The van der Waals surface area contributed by atoms with Crippen LogP contribution in [0, 0.1) is 13.8 Å². The molecule has 4 rings (SSSR count). The van der Waals surface area contributed by atoms with Crippen LogP contribution in [0.2, 0.25) is 10.0 Å². The number of rotatable bonds is 8. The minimum Gasteiger partial charge on any atom is -0.258 e. The molecule has 0 fully saturated rings. The summed E-state index contributed by atoms with van der Waals surface area (Å²) in [5.41, 5.74) is 3.77. The lowest BCUT2D eigenvalue weighted by Crippen LogP contribution is -2.33. The van der Waals surface area contributed by atoms with Gasteiger partial charge in [-0.1, -0.05) is 47.5 Å². The molecule has 0 saturated heterocycles. The van der Waals surface area contributed by atoms with Crippen molar-refractivity contribution in [3.05, 3.63) is 98.8 Å². The van der Waals surface area contributed by atoms with Crippen molar-refractivity contribution in [2.45, 2.75) is 45.2 Å². The maximum absolute atomic E-state index is 14.1. The lowest BCUT2D eigenvalue weighted by molar-refractivity contribution is 0.577. The summed E-state index contributed by atoms with van der Waals surface area (Å²) in [7, 11) is -3.99. The van der Waals surface area contributed by atoms with Gasteiger partial charge in [0.2, 0.25) is 0 Å². The first-order valence-electron chi connectivity index (χ1n) is 11.1. The van der Waals surface area contributed by atoms with Crippen LogP contribution in [0.15, 0.2) is 65.6 Å². The van der Waals surface area contributed by atoms with Gasteiger partial charge in [0.05, 0.1) is 17.1 Å². The van der Waals surface area contributed by atoms with Crippen molar-refractivity contribution < 1.29 is 8.42 Å². The van der Waals surface area contributed by atoms with Crippen LogP contribution in [-0.4, -0.2) is 28.6 Å². The molecule has 0 saturated carbocycles. The van der Waals surface area contributed by atoms with E-state index >= 15 is 0 Å². The van der Waals surface area contributed by atoms with Crippen molar-refractivity contribution in [2.24, 2.45) is 0 Å². The molecule has 0 aliphatic carbocycles. The Kier molecular flexibility index (Phi) is 7.44. The standard InChI is InChI=1S/C25H25Cl2N5O2S/c1-4-31-25(28-29-30-31)16-32(35(33,34)22-12-17(2)11-18(3)13-22)24-10-9-21(26)15-20(24)14-19-7-5-6-8-23(19)27/h5-13,15H,4,14,16H2,1-3H3. The van der Waals surface area contributed by atoms with Gasteiger partial charge in [-0.05, 0) is 89.8 Å². The molecule has 0 aliphatic heterocycles. The van der Waals surface area contributed by atoms with Crippen LogP contribution in [0.3, 0.4) is 0 Å². The molecule has 1 heterocycles. The SMILES string of the molecule is CCn1nnnc1CN(c1ccc(Cl)cc1Cc1ccccc1Cl)S(=O)(=O)c1cc(C)cc(C)c1. The van der Waals surface area contributed by atoms with Gasteiger partial charge in [0.25, 0.3) is 10.0 Å². The second kappa shape index (κ2) is 10.4. The van der Waals surface area contributed by atoms with Gasteiger partial charge < -0.3 is 0 Å². The molecule has 4 aromatic rings. The molecule has 35 heavy (non-hydrogen) atoms. The predicted molar refractivity (Wildman–Crippen MR) is 138 cm³/mol. The van der Waals surface area contributed by atoms with Crippen molar-refractivity contribution in [3.63, 3.8) is 0 Å². The van der Waals surface area contributed by atoms with Gasteiger partial charge in [0, 0.05) is 23.0 Å². The van der Waals surface area contributed by atoms with Crippen LogP contribution < -0.4 is 4.31 Å². The highest BCUT2D eigenvalue weighted by Crippen LogP contribution is 2.33. The summed E-state index contributed by atoms with van der Waals surface area (Å²) in [6.45, 7) is 6.10. The maximum atomic E-state index is 14.1. The van der Waals surface area contributed by atoms with E-state index in [1.54, 1.807) is 41.1 Å². The van der Waals surface area contributed by atoms with E-state index in [0.717, 1.165) is 16.7 Å². The molecular formula is C25H25Cl2N5O2S. The lowest BCUT2D eigenvalue weighted by atomic mass is 10.0. The van der Waals surface area contributed by atoms with E-state index in [2.05, 4.69) is 15.5 Å². The van der Waals surface area contributed by atoms with Crippen LogP contribution in [0.4, 0.5) is 5.69 Å². The second-order valence-electron chi connectivity index (χ2n) is 8.29. The molecule has 0 aliphatic rings. The third kappa shape index (κ3) is 5.50. The molecule has 10 heteroatoms. The average molecular weight is 530 g/mol. The monoisotopic (exact) mass is 529 g/mol. The number of hydrogen-bond donors (Lipinski definition) is 0. The highest BCUT2D eigenvalue weighted by molar-refractivity contribution is 7.92. The minimum atomic E-state index is -3.99. The van der Waals surface area contributed by atoms with E-state index in [1.807, 2.05) is 45.0 Å². The Hall–Kier alpha value is -2.94. The molecule has 0 N–H and O–H groups in total. The summed E-state index contributed by atoms with van der Waals surface area (Å²) in [6, 6.07) is 17.9. The fraction of sp³-hybridized carbons (Fsp3) is 0.240. The molecule has 0 bridgehead atoms. The Morgan fingerprint density at radius 1 is 0.943 bits per heavy atom. The zero-order valence-electron chi connectivity index (χ0n) is 19.6. The lowest BCUT2D eigenvalue weighted by Gasteiger charge is -2.27. The first-order valence-corrected chi connectivity index (χ1v) is 13.3. The zero-order chi connectivity index (χ0) is 25.2. The quantitative estimate of drug-likeness (QED) is 0.296. The third-order valence-corrected chi connectivity index (χ3v) is 7.96. The molecule has 0 amide bonds. The highest BCUT2D eigenvalue weighted by Gasteiger charge is 2.29. The van der Waals surface area contributed by atoms with Crippen molar-refractivity contribution in [1.29, 1.82) is 0 Å². The Morgan fingerprint density at radius 2 is 1.66 bits per heavy atom. The number of hydrogen-bond acceptors (Lipinski definition) is 5. The van der Waals surface area contributed by atoms with E-state index in [-0.39, 0.29) is 11.4 Å². The van der Waals surface area contributed by atoms with Gasteiger partial charge in [-0.15, -0.1) is 5.10 Å². The highest BCUT2D eigenvalue weighted by atomic mass is 35.5. The minimum absolute atomic E-state index is 0.0483. The molecule has 0 radical (unpaired) electrons. The Morgan fingerprint density at radius 3 is 2.34 bits per heavy atom. The predicted octanol–water partition coefficient (Wildman–Crippen LogP) is 5.60. The average Bonchev–Trinajstić information content (AvgIpc) is 3.26. The molecule has 0 unspecified atom stereocenters. The van der Waals surface area contributed by atoms with Gasteiger partial charge in [0.1, 0.15) is 0 Å². The molecule has 0 atom stereocenters. The van der Waals surface area contributed by atoms with Crippen molar-refractivity contribution >= 4 is 38.9 Å². The van der Waals surface area contributed by atoms with Crippen LogP contribution >= 0.6 is 23.2 Å². The van der Waals surface area contributed by atoms with Crippen molar-refractivity contribution in [1.82, 2.24) is 20.2 Å². The van der Waals surface area contributed by atoms with Crippen LogP contribution in [0.1, 0.15) is 35.0 Å². The van der Waals surface area contributed by atoms with E-state index < -0.39 is 10.0 Å². The molecule has 0 spiro atoms. The zero-order valence-corrected chi connectivity index (χ0v) is 21.9. The maximum Gasteiger partial charge on any atom is 0.264 e. The number of tetrazole rings is 1. The summed E-state index contributed by atoms with van der Waals surface area (Å²) in [5.74, 6) is 0.430. The summed E-state index contributed by atoms with van der Waals surface area (Å²) in [5, 5.41) is 12.9. The molecule has 182 valence electrons. The first kappa shape index (κ1) is 25.2. The fourth-order valence-corrected chi connectivity index (χ4v) is 6.05. The van der Waals surface area contributed by atoms with Gasteiger partial charge in [-0.2, -0.15) is 0 Å². The molecule has 7 nitrogen and oxygen atoms in total. The van der Waals surface area contributed by atoms with E-state index in [1.165, 1.54) is 4.31 Å². The number of aryl methyl sites for hydroxylation is 3. The molecular weight excluding hydrogens is 505 g/mol. The van der Waals surface area contributed by atoms with Crippen molar-refractivity contribution in [2.75, 3.05) is 4.31 Å². The molecule has 3 aromatic carbocycles. The Labute approximate surface area is 215 Å². The largest absolute Gasteiger partial charge is 0.264 e. The van der Waals surface area contributed by atoms with E-state index in [4.69, 9.17) is 23.2 Å². The smallest absolute Gasteiger partial charge is 0.258 e. The van der Waals surface area contributed by atoms with Gasteiger partial charge in [-0.25, -0.2) is 13.1 Å². The Balaban J connectivity index is 1.89. The number of nitrogens with zero attached hydrogens (tertiary/aromatic N) is 5. The normalized spacial score (nSPS) is 11.6. The summed E-state index contributed by atoms with van der Waals surface area (Å²) >= 11 is 12.8. The van der Waals surface area contributed by atoms with Crippen LogP contribution in [0.5, 0.6) is 0 Å². The molecule has 1 aromatic heterocycles. The van der Waals surface area contributed by atoms with E-state index in [9.17, 15) is 8.42 Å². The fourth-order valence-electron chi connectivity index (χ4n) is 4.01. The summed E-state index contributed by atoms with van der Waals surface area (Å²) in [4.78, 5) is 0.198. The van der Waals surface area contributed by atoms with Crippen LogP contribution in [-0.2, 0) is 29.5 Å². The van der Waals surface area contributed by atoms with Gasteiger partial charge >= 0.3 is 0 Å². The van der Waals surface area contributed by atoms with E-state index in [0.29, 0.717) is 40.1 Å². The number of aromatic nitrogens is 4. The summed E-state index contributed by atoms with van der Waals surface area (Å²) < 4.78 is 31.1. The summed E-state index contributed by atoms with van der Waals surface area (Å²) in [6.07, 6.45) is 0.396. The Bertz CT molecular complexity index is 1450.